The Labute approximate surface area is 191 Å². The number of amides is 1. The standard InChI is InChI=1S/C23H27FN4O3S/c1-5-20(22(29)25-19-10-8-7-9-18(19)24)32-23-27-26-21(28(23)6-2)15(3)31-17-13-11-16(30-4)12-14-17/h7-15,20H,5-6H2,1-4H3,(H,25,29). The minimum absolute atomic E-state index is 0.163. The number of carbonyl (C=O) groups excluding carboxylic acids is 1. The molecule has 0 saturated heterocycles. The molecule has 1 heterocycles. The van der Waals surface area contributed by atoms with Crippen LogP contribution in [0.1, 0.15) is 39.1 Å². The number of aromatic nitrogens is 3. The van der Waals surface area contributed by atoms with Crippen molar-refractivity contribution in [2.45, 2.75) is 50.2 Å². The van der Waals surface area contributed by atoms with Crippen molar-refractivity contribution < 1.29 is 18.7 Å². The molecule has 3 aromatic rings. The molecule has 2 unspecified atom stereocenters. The molecule has 0 spiro atoms. The Morgan fingerprint density at radius 2 is 1.81 bits per heavy atom. The molecular weight excluding hydrogens is 431 g/mol. The Hall–Kier alpha value is -3.07. The maximum atomic E-state index is 13.9. The third-order valence-electron chi connectivity index (χ3n) is 4.84. The number of anilines is 1. The molecule has 9 heteroatoms. The quantitative estimate of drug-likeness (QED) is 0.426. The predicted molar refractivity (Wildman–Crippen MR) is 123 cm³/mol. The van der Waals surface area contributed by atoms with E-state index in [-0.39, 0.29) is 17.7 Å². The average Bonchev–Trinajstić information content (AvgIpc) is 3.22. The van der Waals surface area contributed by atoms with Crippen LogP contribution in [0.4, 0.5) is 10.1 Å². The van der Waals surface area contributed by atoms with Gasteiger partial charge in [0.2, 0.25) is 5.91 Å². The Bertz CT molecular complexity index is 1040. The van der Waals surface area contributed by atoms with Gasteiger partial charge in [0.1, 0.15) is 17.3 Å². The number of benzene rings is 2. The first-order chi connectivity index (χ1) is 15.5. The van der Waals surface area contributed by atoms with Gasteiger partial charge in [0.05, 0.1) is 18.0 Å². The van der Waals surface area contributed by atoms with E-state index in [9.17, 15) is 9.18 Å². The second kappa shape index (κ2) is 11.0. The van der Waals surface area contributed by atoms with Crippen molar-refractivity contribution in [2.24, 2.45) is 0 Å². The van der Waals surface area contributed by atoms with Crippen LogP contribution in [0, 0.1) is 5.82 Å². The van der Waals surface area contributed by atoms with Crippen LogP contribution in [0.2, 0.25) is 0 Å². The van der Waals surface area contributed by atoms with Crippen LogP contribution >= 0.6 is 11.8 Å². The first-order valence-corrected chi connectivity index (χ1v) is 11.3. The van der Waals surface area contributed by atoms with Gasteiger partial charge in [-0.25, -0.2) is 4.39 Å². The van der Waals surface area contributed by atoms with Gasteiger partial charge in [0, 0.05) is 6.54 Å². The third-order valence-corrected chi connectivity index (χ3v) is 6.18. The monoisotopic (exact) mass is 458 g/mol. The predicted octanol–water partition coefficient (Wildman–Crippen LogP) is 5.10. The van der Waals surface area contributed by atoms with E-state index in [4.69, 9.17) is 9.47 Å². The summed E-state index contributed by atoms with van der Waals surface area (Å²) in [4.78, 5) is 12.7. The molecule has 170 valence electrons. The van der Waals surface area contributed by atoms with E-state index in [0.29, 0.717) is 29.7 Å². The number of nitrogens with zero attached hydrogens (tertiary/aromatic N) is 3. The lowest BCUT2D eigenvalue weighted by Crippen LogP contribution is -2.25. The summed E-state index contributed by atoms with van der Waals surface area (Å²) >= 11 is 1.31. The van der Waals surface area contributed by atoms with Gasteiger partial charge in [-0.1, -0.05) is 30.8 Å². The Morgan fingerprint density at radius 3 is 2.44 bits per heavy atom. The van der Waals surface area contributed by atoms with Crippen LogP contribution in [0.3, 0.4) is 0 Å². The Balaban J connectivity index is 1.72. The van der Waals surface area contributed by atoms with Crippen molar-refractivity contribution in [1.29, 1.82) is 0 Å². The summed E-state index contributed by atoms with van der Waals surface area (Å²) in [5.41, 5.74) is 0.163. The van der Waals surface area contributed by atoms with Crippen LogP contribution in [0.5, 0.6) is 11.5 Å². The lowest BCUT2D eigenvalue weighted by atomic mass is 10.2. The first kappa shape index (κ1) is 23.6. The fourth-order valence-electron chi connectivity index (χ4n) is 3.12. The van der Waals surface area contributed by atoms with Crippen molar-refractivity contribution in [3.05, 3.63) is 60.2 Å². The molecule has 2 aromatic carbocycles. The van der Waals surface area contributed by atoms with Gasteiger partial charge in [-0.2, -0.15) is 0 Å². The van der Waals surface area contributed by atoms with Crippen molar-refractivity contribution in [2.75, 3.05) is 12.4 Å². The maximum Gasteiger partial charge on any atom is 0.238 e. The Morgan fingerprint density at radius 1 is 1.12 bits per heavy atom. The smallest absolute Gasteiger partial charge is 0.238 e. The van der Waals surface area contributed by atoms with E-state index in [1.54, 1.807) is 19.2 Å². The minimum Gasteiger partial charge on any atom is -0.497 e. The number of methoxy groups -OCH3 is 1. The summed E-state index contributed by atoms with van der Waals surface area (Å²) < 4.78 is 27.0. The zero-order valence-electron chi connectivity index (χ0n) is 18.5. The topological polar surface area (TPSA) is 78.3 Å². The highest BCUT2D eigenvalue weighted by atomic mass is 32.2. The summed E-state index contributed by atoms with van der Waals surface area (Å²) in [6.07, 6.45) is 0.201. The molecule has 0 saturated carbocycles. The van der Waals surface area contributed by atoms with E-state index < -0.39 is 11.1 Å². The number of nitrogens with one attached hydrogen (secondary N) is 1. The lowest BCUT2D eigenvalue weighted by Gasteiger charge is -2.17. The normalized spacial score (nSPS) is 12.8. The largest absolute Gasteiger partial charge is 0.497 e. The number of hydrogen-bond donors (Lipinski definition) is 1. The van der Waals surface area contributed by atoms with Gasteiger partial charge in [0.15, 0.2) is 17.1 Å². The summed E-state index contributed by atoms with van der Waals surface area (Å²) in [5, 5.41) is 11.4. The van der Waals surface area contributed by atoms with Gasteiger partial charge in [-0.05, 0) is 56.7 Å². The molecule has 0 aliphatic rings. The first-order valence-electron chi connectivity index (χ1n) is 10.4. The highest BCUT2D eigenvalue weighted by Crippen LogP contribution is 2.29. The van der Waals surface area contributed by atoms with Crippen LogP contribution in [-0.2, 0) is 11.3 Å². The summed E-state index contributed by atoms with van der Waals surface area (Å²) in [7, 11) is 1.61. The molecule has 1 aromatic heterocycles. The summed E-state index contributed by atoms with van der Waals surface area (Å²) in [6, 6.07) is 13.4. The zero-order valence-corrected chi connectivity index (χ0v) is 19.4. The molecule has 0 fully saturated rings. The maximum absolute atomic E-state index is 13.9. The van der Waals surface area contributed by atoms with E-state index in [2.05, 4.69) is 15.5 Å². The Kier molecular flexibility index (Phi) is 8.10. The van der Waals surface area contributed by atoms with E-state index in [1.165, 1.54) is 23.9 Å². The van der Waals surface area contributed by atoms with E-state index >= 15 is 0 Å². The molecular formula is C23H27FN4O3S. The number of ether oxygens (including phenoxy) is 2. The molecule has 3 rings (SSSR count). The highest BCUT2D eigenvalue weighted by Gasteiger charge is 2.25. The molecule has 2 atom stereocenters. The molecule has 32 heavy (non-hydrogen) atoms. The highest BCUT2D eigenvalue weighted by molar-refractivity contribution is 8.00. The van der Waals surface area contributed by atoms with Crippen molar-refractivity contribution in [1.82, 2.24) is 14.8 Å². The van der Waals surface area contributed by atoms with Crippen molar-refractivity contribution in [3.63, 3.8) is 0 Å². The number of thioether (sulfide) groups is 1. The van der Waals surface area contributed by atoms with Crippen LogP contribution in [-0.4, -0.2) is 33.0 Å². The van der Waals surface area contributed by atoms with Gasteiger partial charge in [0.25, 0.3) is 0 Å². The SMILES string of the molecule is CCC(Sc1nnc(C(C)Oc2ccc(OC)cc2)n1CC)C(=O)Nc1ccccc1F. The van der Waals surface area contributed by atoms with Crippen LogP contribution in [0.25, 0.3) is 0 Å². The number of rotatable bonds is 10. The van der Waals surface area contributed by atoms with Crippen LogP contribution < -0.4 is 14.8 Å². The average molecular weight is 459 g/mol. The number of hydrogen-bond acceptors (Lipinski definition) is 6. The second-order valence-electron chi connectivity index (χ2n) is 7.00. The van der Waals surface area contributed by atoms with Gasteiger partial charge in [-0.3, -0.25) is 4.79 Å². The summed E-state index contributed by atoms with van der Waals surface area (Å²) in [6.45, 7) is 6.41. The molecule has 0 aliphatic carbocycles. The molecule has 1 amide bonds. The lowest BCUT2D eigenvalue weighted by molar-refractivity contribution is -0.115. The van der Waals surface area contributed by atoms with Gasteiger partial charge < -0.3 is 19.4 Å². The second-order valence-corrected chi connectivity index (χ2v) is 8.17. The number of halogens is 1. The molecule has 0 aliphatic heterocycles. The van der Waals surface area contributed by atoms with Crippen molar-refractivity contribution >= 4 is 23.4 Å². The fourth-order valence-corrected chi connectivity index (χ4v) is 4.15. The van der Waals surface area contributed by atoms with E-state index in [0.717, 1.165) is 5.75 Å². The zero-order chi connectivity index (χ0) is 23.1. The molecule has 0 bridgehead atoms. The van der Waals surface area contributed by atoms with Crippen LogP contribution in [0.15, 0.2) is 53.7 Å². The third kappa shape index (κ3) is 5.59. The fraction of sp³-hybridized carbons (Fsp3) is 0.348. The minimum atomic E-state index is -0.468. The number of para-hydroxylation sites is 1. The molecule has 1 N–H and O–H groups in total. The molecule has 7 nitrogen and oxygen atoms in total. The van der Waals surface area contributed by atoms with Crippen molar-refractivity contribution in [3.8, 4) is 11.5 Å². The number of carbonyl (C=O) groups is 1. The molecule has 0 radical (unpaired) electrons. The van der Waals surface area contributed by atoms with E-state index in [1.807, 2.05) is 49.6 Å². The summed E-state index contributed by atoms with van der Waals surface area (Å²) in [5.74, 6) is 1.35. The van der Waals surface area contributed by atoms with Gasteiger partial charge >= 0.3 is 0 Å². The van der Waals surface area contributed by atoms with Gasteiger partial charge in [-0.15, -0.1) is 10.2 Å².